The molecule has 41 heavy (non-hydrogen) atoms. The largest absolute Gasteiger partial charge is 0.480 e. The molecule has 0 saturated carbocycles. The van der Waals surface area contributed by atoms with Crippen LogP contribution in [-0.4, -0.2) is 58.4 Å². The van der Waals surface area contributed by atoms with E-state index in [1.165, 1.54) is 12.1 Å². The molecule has 0 fully saturated rings. The number of carbonyl (C=O) groups excluding carboxylic acids is 3. The molecule has 11 heteroatoms. The fourth-order valence-corrected chi connectivity index (χ4v) is 5.88. The van der Waals surface area contributed by atoms with Crippen LogP contribution in [0.1, 0.15) is 37.4 Å². The van der Waals surface area contributed by atoms with Crippen molar-refractivity contribution < 1.29 is 33.8 Å². The van der Waals surface area contributed by atoms with Crippen molar-refractivity contribution in [3.05, 3.63) is 98.7 Å². The van der Waals surface area contributed by atoms with Gasteiger partial charge in [0.1, 0.15) is 18.2 Å². The van der Waals surface area contributed by atoms with E-state index >= 15 is 0 Å². The highest BCUT2D eigenvalue weighted by atomic mass is 35.5. The third-order valence-corrected chi connectivity index (χ3v) is 7.88. The maximum absolute atomic E-state index is 13.3. The number of furan rings is 1. The fourth-order valence-electron chi connectivity index (χ4n) is 5.09. The van der Waals surface area contributed by atoms with E-state index in [2.05, 4.69) is 0 Å². The van der Waals surface area contributed by atoms with Gasteiger partial charge in [-0.2, -0.15) is 0 Å². The number of hydrogen-bond acceptors (Lipinski definition) is 6. The SMILES string of the molecule is O=CN(c1c(Cl)cc2c(c1Cl)CCN(C(=O)c1ccc3ccoc3c1)C2)C(Cc1cccc(C(=O)CO)c1)C(=O)O. The lowest BCUT2D eigenvalue weighted by Crippen LogP contribution is -2.43. The van der Waals surface area contributed by atoms with E-state index in [9.17, 15) is 24.3 Å². The molecule has 2 amide bonds. The zero-order chi connectivity index (χ0) is 29.3. The quantitative estimate of drug-likeness (QED) is 0.211. The van der Waals surface area contributed by atoms with E-state index in [0.717, 1.165) is 10.3 Å². The molecule has 0 saturated heterocycles. The summed E-state index contributed by atoms with van der Waals surface area (Å²) in [5.41, 5.74) is 3.19. The van der Waals surface area contributed by atoms with Crippen LogP contribution in [0.5, 0.6) is 0 Å². The number of anilines is 1. The predicted molar refractivity (Wildman–Crippen MR) is 153 cm³/mol. The number of ketones is 1. The van der Waals surface area contributed by atoms with Crippen LogP contribution < -0.4 is 4.90 Å². The molecule has 3 aromatic carbocycles. The highest BCUT2D eigenvalue weighted by Crippen LogP contribution is 2.41. The van der Waals surface area contributed by atoms with E-state index in [0.29, 0.717) is 47.2 Å². The summed E-state index contributed by atoms with van der Waals surface area (Å²) in [5.74, 6) is -2.00. The second-order valence-corrected chi connectivity index (χ2v) is 10.4. The zero-order valence-electron chi connectivity index (χ0n) is 21.5. The number of nitrogens with zero attached hydrogens (tertiary/aromatic N) is 2. The van der Waals surface area contributed by atoms with Crippen molar-refractivity contribution in [2.45, 2.75) is 25.4 Å². The monoisotopic (exact) mass is 594 g/mol. The summed E-state index contributed by atoms with van der Waals surface area (Å²) >= 11 is 13.4. The average molecular weight is 595 g/mol. The van der Waals surface area contributed by atoms with Crippen molar-refractivity contribution >= 4 is 63.9 Å². The van der Waals surface area contributed by atoms with Crippen molar-refractivity contribution in [1.29, 1.82) is 0 Å². The van der Waals surface area contributed by atoms with Gasteiger partial charge in [-0.25, -0.2) is 4.79 Å². The summed E-state index contributed by atoms with van der Waals surface area (Å²) in [6.07, 6.45) is 2.14. The van der Waals surface area contributed by atoms with Gasteiger partial charge in [0, 0.05) is 36.0 Å². The smallest absolute Gasteiger partial charge is 0.327 e. The van der Waals surface area contributed by atoms with Crippen LogP contribution in [0.25, 0.3) is 11.0 Å². The Morgan fingerprint density at radius 2 is 1.88 bits per heavy atom. The third-order valence-electron chi connectivity index (χ3n) is 7.19. The van der Waals surface area contributed by atoms with Crippen molar-refractivity contribution in [1.82, 2.24) is 4.90 Å². The number of amides is 2. The summed E-state index contributed by atoms with van der Waals surface area (Å²) in [6.45, 7) is -0.119. The molecule has 1 aliphatic rings. The first-order valence-electron chi connectivity index (χ1n) is 12.7. The van der Waals surface area contributed by atoms with Crippen LogP contribution in [0.15, 0.2) is 65.3 Å². The zero-order valence-corrected chi connectivity index (χ0v) is 23.1. The number of aliphatic hydroxyl groups excluding tert-OH is 1. The van der Waals surface area contributed by atoms with Crippen LogP contribution in [0.4, 0.5) is 5.69 Å². The number of halogens is 2. The van der Waals surface area contributed by atoms with Crippen molar-refractivity contribution in [2.75, 3.05) is 18.1 Å². The van der Waals surface area contributed by atoms with Gasteiger partial charge in [0.2, 0.25) is 6.41 Å². The molecule has 210 valence electrons. The van der Waals surface area contributed by atoms with Gasteiger partial charge in [0.15, 0.2) is 5.78 Å². The lowest BCUT2D eigenvalue weighted by atomic mass is 9.96. The molecule has 2 heterocycles. The minimum absolute atomic E-state index is 0.0557. The normalized spacial score (nSPS) is 13.5. The Morgan fingerprint density at radius 3 is 2.61 bits per heavy atom. The Bertz CT molecular complexity index is 1680. The number of rotatable bonds is 9. The Labute approximate surface area is 244 Å². The number of aliphatic carboxylic acids is 1. The molecule has 9 nitrogen and oxygen atoms in total. The predicted octanol–water partition coefficient (Wildman–Crippen LogP) is 4.77. The van der Waals surface area contributed by atoms with Crippen LogP contribution in [0.3, 0.4) is 0 Å². The van der Waals surface area contributed by atoms with E-state index in [-0.39, 0.29) is 40.2 Å². The first-order chi connectivity index (χ1) is 19.7. The first-order valence-corrected chi connectivity index (χ1v) is 13.4. The van der Waals surface area contributed by atoms with Crippen LogP contribution in [0, 0.1) is 0 Å². The molecule has 1 aromatic heterocycles. The Morgan fingerprint density at radius 1 is 1.07 bits per heavy atom. The second-order valence-electron chi connectivity index (χ2n) is 9.66. The highest BCUT2D eigenvalue weighted by molar-refractivity contribution is 6.40. The summed E-state index contributed by atoms with van der Waals surface area (Å²) in [6, 6.07) is 13.5. The van der Waals surface area contributed by atoms with Gasteiger partial charge in [0.25, 0.3) is 5.91 Å². The third kappa shape index (κ3) is 5.56. The minimum Gasteiger partial charge on any atom is -0.480 e. The van der Waals surface area contributed by atoms with Crippen molar-refractivity contribution in [3.63, 3.8) is 0 Å². The number of carbonyl (C=O) groups is 4. The van der Waals surface area contributed by atoms with E-state index in [4.69, 9.17) is 32.7 Å². The van der Waals surface area contributed by atoms with Gasteiger partial charge in [-0.15, -0.1) is 0 Å². The number of fused-ring (bicyclic) bond motifs is 2. The van der Waals surface area contributed by atoms with Crippen LogP contribution in [-0.2, 0) is 29.0 Å². The Kier molecular flexibility index (Phi) is 8.12. The lowest BCUT2D eigenvalue weighted by molar-refractivity contribution is -0.139. The van der Waals surface area contributed by atoms with E-state index < -0.39 is 24.4 Å². The summed E-state index contributed by atoms with van der Waals surface area (Å²) < 4.78 is 5.42. The lowest BCUT2D eigenvalue weighted by Gasteiger charge is -2.33. The number of carboxylic acids is 1. The average Bonchev–Trinajstić information content (AvgIpc) is 3.45. The molecule has 1 aliphatic heterocycles. The number of Topliss-reactive ketones (excluding diaryl/α,β-unsaturated/α-hetero) is 1. The molecule has 0 spiro atoms. The maximum Gasteiger partial charge on any atom is 0.327 e. The molecule has 4 aromatic rings. The van der Waals surface area contributed by atoms with Crippen LogP contribution in [0.2, 0.25) is 10.0 Å². The first kappa shape index (κ1) is 28.4. The molecule has 1 atom stereocenters. The summed E-state index contributed by atoms with van der Waals surface area (Å²) in [7, 11) is 0. The molecule has 0 radical (unpaired) electrons. The van der Waals surface area contributed by atoms with E-state index in [1.807, 2.05) is 12.1 Å². The van der Waals surface area contributed by atoms with Gasteiger partial charge in [-0.1, -0.05) is 47.5 Å². The molecule has 5 rings (SSSR count). The second kappa shape index (κ2) is 11.7. The van der Waals surface area contributed by atoms with Gasteiger partial charge < -0.3 is 19.5 Å². The highest BCUT2D eigenvalue weighted by Gasteiger charge is 2.33. The molecule has 0 aliphatic carbocycles. The molecule has 1 unspecified atom stereocenters. The van der Waals surface area contributed by atoms with Gasteiger partial charge in [-0.3, -0.25) is 19.3 Å². The summed E-state index contributed by atoms with van der Waals surface area (Å²) in [4.78, 5) is 52.4. The number of aliphatic hydroxyl groups is 1. The van der Waals surface area contributed by atoms with Gasteiger partial charge in [-0.05, 0) is 53.4 Å². The van der Waals surface area contributed by atoms with Crippen LogP contribution >= 0.6 is 23.2 Å². The van der Waals surface area contributed by atoms with Crippen molar-refractivity contribution in [2.24, 2.45) is 0 Å². The number of benzene rings is 3. The van der Waals surface area contributed by atoms with Gasteiger partial charge in [0.05, 0.1) is 22.0 Å². The van der Waals surface area contributed by atoms with Crippen molar-refractivity contribution in [3.8, 4) is 0 Å². The Balaban J connectivity index is 1.43. The maximum atomic E-state index is 13.3. The topological polar surface area (TPSA) is 128 Å². The number of carboxylic acid groups (broad SMARTS) is 1. The number of hydrogen-bond donors (Lipinski definition) is 2. The minimum atomic E-state index is -1.39. The Hall–Kier alpha value is -4.18. The fraction of sp³-hybridized carbons (Fsp3) is 0.200. The van der Waals surface area contributed by atoms with E-state index in [1.54, 1.807) is 41.5 Å². The summed E-state index contributed by atoms with van der Waals surface area (Å²) in [5, 5.41) is 20.3. The standard InChI is InChI=1S/C30H24Cl2N2O7/c31-23-12-21-14-33(29(38)20-5-4-18-7-9-41-26(18)13-20)8-6-22(21)27(32)28(23)34(16-36)24(30(39)40)11-17-2-1-3-19(10-17)25(37)15-35/h1-5,7,9-10,12-13,16,24,35H,6,8,11,14-15H2,(H,39,40). The molecule has 0 bridgehead atoms. The molecular formula is C30H24Cl2N2O7. The molecular weight excluding hydrogens is 571 g/mol. The van der Waals surface area contributed by atoms with Gasteiger partial charge >= 0.3 is 5.97 Å². The molecule has 2 N–H and O–H groups in total.